The molecule has 0 saturated carbocycles. The number of benzene rings is 1. The fourth-order valence-corrected chi connectivity index (χ4v) is 1.98. The third-order valence-electron chi connectivity index (χ3n) is 3.04. The second-order valence-electron chi connectivity index (χ2n) is 4.71. The van der Waals surface area contributed by atoms with E-state index in [1.54, 1.807) is 18.2 Å². The average molecular weight is 287 g/mol. The number of anilines is 1. The summed E-state index contributed by atoms with van der Waals surface area (Å²) in [7, 11) is 0. The van der Waals surface area contributed by atoms with Gasteiger partial charge in [-0.2, -0.15) is 0 Å². The molecule has 0 aliphatic rings. The van der Waals surface area contributed by atoms with E-state index in [1.165, 1.54) is 12.3 Å². The van der Waals surface area contributed by atoms with Crippen LogP contribution in [0.5, 0.6) is 0 Å². The maximum absolute atomic E-state index is 12.9. The normalized spacial score (nSPS) is 11.8. The van der Waals surface area contributed by atoms with E-state index in [2.05, 4.69) is 15.6 Å². The molecule has 0 fully saturated rings. The summed E-state index contributed by atoms with van der Waals surface area (Å²) in [6.45, 7) is 4.40. The van der Waals surface area contributed by atoms with Crippen molar-refractivity contribution in [1.82, 2.24) is 10.3 Å². The number of halogens is 1. The van der Waals surface area contributed by atoms with Crippen molar-refractivity contribution in [1.29, 1.82) is 0 Å². The molecule has 0 spiro atoms. The van der Waals surface area contributed by atoms with Gasteiger partial charge in [-0.15, -0.1) is 0 Å². The fraction of sp³-hybridized carbons (Fsp3) is 0.250. The number of nitrogens with zero attached hydrogens (tertiary/aromatic N) is 1. The number of nitrogens with one attached hydrogen (secondary N) is 2. The van der Waals surface area contributed by atoms with E-state index in [9.17, 15) is 9.18 Å². The Labute approximate surface area is 123 Å². The summed E-state index contributed by atoms with van der Waals surface area (Å²) in [5.41, 5.74) is 2.15. The number of carbonyl (C=O) groups is 1. The predicted octanol–water partition coefficient (Wildman–Crippen LogP) is 3.14. The van der Waals surface area contributed by atoms with Crippen molar-refractivity contribution in [3.63, 3.8) is 0 Å². The van der Waals surface area contributed by atoms with Crippen LogP contribution in [-0.4, -0.2) is 17.4 Å². The van der Waals surface area contributed by atoms with Crippen LogP contribution >= 0.6 is 0 Å². The molecule has 2 aromatic rings. The molecule has 21 heavy (non-hydrogen) atoms. The maximum Gasteiger partial charge on any atom is 0.251 e. The lowest BCUT2D eigenvalue weighted by Gasteiger charge is -2.15. The molecule has 2 rings (SSSR count). The minimum atomic E-state index is -0.357. The molecule has 0 aliphatic carbocycles. The molecule has 2 N–H and O–H groups in total. The van der Waals surface area contributed by atoms with Gasteiger partial charge in [-0.25, -0.2) is 4.39 Å². The van der Waals surface area contributed by atoms with Gasteiger partial charge in [0.1, 0.15) is 5.82 Å². The van der Waals surface area contributed by atoms with E-state index in [0.717, 1.165) is 11.4 Å². The van der Waals surface area contributed by atoms with Crippen LogP contribution in [0.15, 0.2) is 42.6 Å². The zero-order valence-corrected chi connectivity index (χ0v) is 12.1. The first-order valence-corrected chi connectivity index (χ1v) is 6.86. The van der Waals surface area contributed by atoms with Crippen molar-refractivity contribution in [3.05, 3.63) is 59.7 Å². The largest absolute Gasteiger partial charge is 0.377 e. The summed E-state index contributed by atoms with van der Waals surface area (Å²) in [5.74, 6) is -0.460. The third-order valence-corrected chi connectivity index (χ3v) is 3.04. The van der Waals surface area contributed by atoms with Gasteiger partial charge < -0.3 is 10.6 Å². The lowest BCUT2D eigenvalue weighted by atomic mass is 10.1. The molecule has 1 amide bonds. The van der Waals surface area contributed by atoms with Gasteiger partial charge in [0, 0.05) is 17.8 Å². The number of hydrogen-bond acceptors (Lipinski definition) is 3. The Morgan fingerprint density at radius 2 is 2.14 bits per heavy atom. The molecule has 0 radical (unpaired) electrons. The van der Waals surface area contributed by atoms with E-state index in [0.29, 0.717) is 12.1 Å². The highest BCUT2D eigenvalue weighted by Crippen LogP contribution is 2.18. The highest BCUT2D eigenvalue weighted by molar-refractivity contribution is 5.95. The molecule has 1 heterocycles. The second-order valence-corrected chi connectivity index (χ2v) is 4.71. The Hall–Kier alpha value is -2.43. The lowest BCUT2D eigenvalue weighted by Crippen LogP contribution is -2.22. The van der Waals surface area contributed by atoms with Crippen molar-refractivity contribution in [3.8, 4) is 0 Å². The second kappa shape index (κ2) is 6.83. The third kappa shape index (κ3) is 4.02. The molecule has 0 saturated heterocycles. The smallest absolute Gasteiger partial charge is 0.251 e. The van der Waals surface area contributed by atoms with Crippen molar-refractivity contribution >= 4 is 11.6 Å². The number of rotatable bonds is 5. The summed E-state index contributed by atoms with van der Waals surface area (Å²) in [6.07, 6.45) is 1.19. The maximum atomic E-state index is 12.9. The van der Waals surface area contributed by atoms with Crippen LogP contribution < -0.4 is 10.6 Å². The summed E-state index contributed by atoms with van der Waals surface area (Å²) in [4.78, 5) is 15.8. The molecule has 110 valence electrons. The zero-order valence-electron chi connectivity index (χ0n) is 12.1. The van der Waals surface area contributed by atoms with Gasteiger partial charge in [0.2, 0.25) is 0 Å². The quantitative estimate of drug-likeness (QED) is 0.888. The monoisotopic (exact) mass is 287 g/mol. The number of pyridine rings is 1. The first-order chi connectivity index (χ1) is 10.1. The number of carbonyl (C=O) groups excluding carboxylic acids is 1. The standard InChI is InChI=1S/C16H18FN3O/c1-3-18-16(21)12-5-4-6-14(9-12)20-11(2)15-8-7-13(17)10-19-15/h4-11,20H,3H2,1-2H3,(H,18,21). The highest BCUT2D eigenvalue weighted by Gasteiger charge is 2.09. The molecule has 0 aliphatic heterocycles. The Kier molecular flexibility index (Phi) is 4.87. The molecule has 1 unspecified atom stereocenters. The van der Waals surface area contributed by atoms with Gasteiger partial charge in [-0.05, 0) is 44.2 Å². The van der Waals surface area contributed by atoms with E-state index in [1.807, 2.05) is 26.0 Å². The van der Waals surface area contributed by atoms with Crippen molar-refractivity contribution in [2.75, 3.05) is 11.9 Å². The van der Waals surface area contributed by atoms with Crippen molar-refractivity contribution < 1.29 is 9.18 Å². The van der Waals surface area contributed by atoms with Crippen LogP contribution in [-0.2, 0) is 0 Å². The predicted molar refractivity (Wildman–Crippen MR) is 80.7 cm³/mol. The van der Waals surface area contributed by atoms with Gasteiger partial charge in [-0.1, -0.05) is 6.07 Å². The van der Waals surface area contributed by atoms with E-state index in [-0.39, 0.29) is 17.8 Å². The minimum absolute atomic E-state index is 0.0879. The highest BCUT2D eigenvalue weighted by atomic mass is 19.1. The Morgan fingerprint density at radius 3 is 2.81 bits per heavy atom. The molecule has 1 aromatic heterocycles. The van der Waals surface area contributed by atoms with Crippen LogP contribution in [0.25, 0.3) is 0 Å². The van der Waals surface area contributed by atoms with Crippen LogP contribution in [0.2, 0.25) is 0 Å². The van der Waals surface area contributed by atoms with E-state index < -0.39 is 0 Å². The first-order valence-electron chi connectivity index (χ1n) is 6.86. The summed E-state index contributed by atoms with van der Waals surface area (Å²) in [5, 5.41) is 6.01. The van der Waals surface area contributed by atoms with Gasteiger partial charge in [0.05, 0.1) is 17.9 Å². The van der Waals surface area contributed by atoms with Crippen LogP contribution in [0.4, 0.5) is 10.1 Å². The Morgan fingerprint density at radius 1 is 1.33 bits per heavy atom. The van der Waals surface area contributed by atoms with Gasteiger partial charge in [0.25, 0.3) is 5.91 Å². The SMILES string of the molecule is CCNC(=O)c1cccc(NC(C)c2ccc(F)cn2)c1. The van der Waals surface area contributed by atoms with Crippen LogP contribution in [0.1, 0.15) is 35.9 Å². The van der Waals surface area contributed by atoms with Gasteiger partial charge >= 0.3 is 0 Å². The van der Waals surface area contributed by atoms with Crippen molar-refractivity contribution in [2.24, 2.45) is 0 Å². The molecule has 4 nitrogen and oxygen atoms in total. The summed E-state index contributed by atoms with van der Waals surface area (Å²) in [6, 6.07) is 10.2. The summed E-state index contributed by atoms with van der Waals surface area (Å²) < 4.78 is 12.9. The zero-order chi connectivity index (χ0) is 15.2. The van der Waals surface area contributed by atoms with Crippen molar-refractivity contribution in [2.45, 2.75) is 19.9 Å². The molecule has 1 aromatic carbocycles. The molecule has 0 bridgehead atoms. The van der Waals surface area contributed by atoms with E-state index in [4.69, 9.17) is 0 Å². The molecular weight excluding hydrogens is 269 g/mol. The summed E-state index contributed by atoms with van der Waals surface area (Å²) >= 11 is 0. The fourth-order valence-electron chi connectivity index (χ4n) is 1.98. The number of hydrogen-bond donors (Lipinski definition) is 2. The van der Waals surface area contributed by atoms with Crippen LogP contribution in [0, 0.1) is 5.82 Å². The molecule has 1 atom stereocenters. The minimum Gasteiger partial charge on any atom is -0.377 e. The van der Waals surface area contributed by atoms with Gasteiger partial charge in [0.15, 0.2) is 0 Å². The molecular formula is C16H18FN3O. The number of amides is 1. The van der Waals surface area contributed by atoms with E-state index >= 15 is 0 Å². The Bertz CT molecular complexity index is 613. The van der Waals surface area contributed by atoms with Gasteiger partial charge in [-0.3, -0.25) is 9.78 Å². The topological polar surface area (TPSA) is 54.0 Å². The lowest BCUT2D eigenvalue weighted by molar-refractivity contribution is 0.0956. The Balaban J connectivity index is 2.10. The average Bonchev–Trinajstić information content (AvgIpc) is 2.48. The first kappa shape index (κ1) is 15.0. The molecule has 5 heteroatoms. The van der Waals surface area contributed by atoms with Crippen LogP contribution in [0.3, 0.4) is 0 Å². The number of aromatic nitrogens is 1.